The fourth-order valence-corrected chi connectivity index (χ4v) is 2.45. The van der Waals surface area contributed by atoms with Gasteiger partial charge in [-0.05, 0) is 24.6 Å². The van der Waals surface area contributed by atoms with Crippen LogP contribution in [0.2, 0.25) is 0 Å². The molecule has 3 rings (SSSR count). The van der Waals surface area contributed by atoms with Crippen LogP contribution in [0.15, 0.2) is 42.7 Å². The van der Waals surface area contributed by atoms with E-state index < -0.39 is 0 Å². The van der Waals surface area contributed by atoms with Crippen LogP contribution in [0.3, 0.4) is 0 Å². The summed E-state index contributed by atoms with van der Waals surface area (Å²) in [6.45, 7) is 0.847. The predicted octanol–water partition coefficient (Wildman–Crippen LogP) is 1.65. The summed E-state index contributed by atoms with van der Waals surface area (Å²) < 4.78 is 1.55. The number of amides is 2. The lowest BCUT2D eigenvalue weighted by atomic mass is 10.2. The third kappa shape index (κ3) is 2.94. The van der Waals surface area contributed by atoms with Crippen LogP contribution in [0.4, 0.5) is 11.4 Å². The average molecular weight is 284 g/mol. The van der Waals surface area contributed by atoms with Gasteiger partial charge in [-0.1, -0.05) is 12.1 Å². The zero-order chi connectivity index (χ0) is 14.7. The highest BCUT2D eigenvalue weighted by atomic mass is 16.2. The Labute approximate surface area is 122 Å². The Hall–Kier alpha value is -2.63. The van der Waals surface area contributed by atoms with Crippen molar-refractivity contribution in [2.24, 2.45) is 0 Å². The van der Waals surface area contributed by atoms with E-state index in [0.717, 1.165) is 12.1 Å². The number of rotatable bonds is 4. The summed E-state index contributed by atoms with van der Waals surface area (Å²) in [6, 6.07) is 9.14. The van der Waals surface area contributed by atoms with Crippen molar-refractivity contribution in [2.45, 2.75) is 19.4 Å². The van der Waals surface area contributed by atoms with Crippen LogP contribution in [0.5, 0.6) is 0 Å². The molecule has 1 aliphatic rings. The highest BCUT2D eigenvalue weighted by Gasteiger charge is 2.24. The Morgan fingerprint density at radius 3 is 2.86 bits per heavy atom. The highest BCUT2D eigenvalue weighted by Crippen LogP contribution is 2.29. The first-order chi connectivity index (χ1) is 10.2. The molecule has 0 spiro atoms. The summed E-state index contributed by atoms with van der Waals surface area (Å²) in [4.78, 5) is 25.6. The van der Waals surface area contributed by atoms with Crippen LogP contribution in [0.1, 0.15) is 12.8 Å². The first-order valence-corrected chi connectivity index (χ1v) is 6.91. The number of hydrogen-bond acceptors (Lipinski definition) is 3. The summed E-state index contributed by atoms with van der Waals surface area (Å²) in [5.41, 5.74) is 1.42. The molecule has 0 saturated carbocycles. The molecule has 2 aromatic rings. The Morgan fingerprint density at radius 2 is 2.14 bits per heavy atom. The van der Waals surface area contributed by atoms with E-state index in [4.69, 9.17) is 0 Å². The molecular weight excluding hydrogens is 268 g/mol. The quantitative estimate of drug-likeness (QED) is 0.928. The molecule has 2 amide bonds. The molecule has 0 radical (unpaired) electrons. The van der Waals surface area contributed by atoms with Crippen molar-refractivity contribution in [2.75, 3.05) is 16.8 Å². The van der Waals surface area contributed by atoms with Crippen LogP contribution >= 0.6 is 0 Å². The minimum absolute atomic E-state index is 0.101. The van der Waals surface area contributed by atoms with Crippen molar-refractivity contribution in [1.29, 1.82) is 0 Å². The number of hydrogen-bond donors (Lipinski definition) is 1. The fraction of sp³-hybridized carbons (Fsp3) is 0.267. The average Bonchev–Trinajstić information content (AvgIpc) is 3.11. The minimum atomic E-state index is -0.169. The Balaban J connectivity index is 1.76. The summed E-state index contributed by atoms with van der Waals surface area (Å²) in [5.74, 6) is -0.0680. The number of carbonyl (C=O) groups excluding carboxylic acids is 2. The molecule has 2 heterocycles. The summed E-state index contributed by atoms with van der Waals surface area (Å²) >= 11 is 0. The van der Waals surface area contributed by atoms with E-state index in [1.807, 2.05) is 24.3 Å². The van der Waals surface area contributed by atoms with Gasteiger partial charge in [0.15, 0.2) is 0 Å². The molecule has 0 atom stereocenters. The number of nitrogens with zero attached hydrogens (tertiary/aromatic N) is 3. The third-order valence-electron chi connectivity index (χ3n) is 3.41. The largest absolute Gasteiger partial charge is 0.323 e. The van der Waals surface area contributed by atoms with Crippen molar-refractivity contribution in [3.8, 4) is 0 Å². The van der Waals surface area contributed by atoms with Gasteiger partial charge in [-0.15, -0.1) is 0 Å². The van der Waals surface area contributed by atoms with Gasteiger partial charge in [0.25, 0.3) is 0 Å². The van der Waals surface area contributed by atoms with Gasteiger partial charge < -0.3 is 10.2 Å². The minimum Gasteiger partial charge on any atom is -0.323 e. The molecule has 0 bridgehead atoms. The van der Waals surface area contributed by atoms with Crippen LogP contribution < -0.4 is 10.2 Å². The van der Waals surface area contributed by atoms with Crippen molar-refractivity contribution in [1.82, 2.24) is 9.78 Å². The van der Waals surface area contributed by atoms with Crippen molar-refractivity contribution < 1.29 is 9.59 Å². The number of aromatic nitrogens is 2. The Morgan fingerprint density at radius 1 is 1.29 bits per heavy atom. The SMILES string of the molecule is O=C(Cn1cccn1)Nc1ccccc1N1CCCC1=O. The van der Waals surface area contributed by atoms with E-state index in [1.54, 1.807) is 28.0 Å². The normalized spacial score (nSPS) is 14.5. The molecule has 21 heavy (non-hydrogen) atoms. The number of nitrogens with one attached hydrogen (secondary N) is 1. The van der Waals surface area contributed by atoms with Gasteiger partial charge in [0.2, 0.25) is 11.8 Å². The lowest BCUT2D eigenvalue weighted by molar-refractivity contribution is -0.118. The summed E-state index contributed by atoms with van der Waals surface area (Å²) in [7, 11) is 0. The van der Waals surface area contributed by atoms with Gasteiger partial charge in [0.05, 0.1) is 11.4 Å². The molecule has 108 valence electrons. The van der Waals surface area contributed by atoms with Crippen LogP contribution in [-0.4, -0.2) is 28.1 Å². The van der Waals surface area contributed by atoms with Gasteiger partial charge >= 0.3 is 0 Å². The van der Waals surface area contributed by atoms with Crippen molar-refractivity contribution in [3.63, 3.8) is 0 Å². The molecular formula is C15H16N4O2. The van der Waals surface area contributed by atoms with Crippen LogP contribution in [0, 0.1) is 0 Å². The van der Waals surface area contributed by atoms with Gasteiger partial charge in [-0.2, -0.15) is 5.10 Å². The standard InChI is InChI=1S/C15H16N4O2/c20-14(11-18-9-4-8-16-18)17-12-5-1-2-6-13(12)19-10-3-7-15(19)21/h1-2,4-6,8-9H,3,7,10-11H2,(H,17,20). The Bertz CT molecular complexity index is 651. The molecule has 6 nitrogen and oxygen atoms in total. The van der Waals surface area contributed by atoms with Gasteiger partial charge in [-0.25, -0.2) is 0 Å². The van der Waals surface area contributed by atoms with E-state index in [-0.39, 0.29) is 18.4 Å². The number of benzene rings is 1. The fourth-order valence-electron chi connectivity index (χ4n) is 2.45. The molecule has 1 aromatic heterocycles. The Kier molecular flexibility index (Phi) is 3.68. The second kappa shape index (κ2) is 5.78. The smallest absolute Gasteiger partial charge is 0.246 e. The maximum atomic E-state index is 12.1. The second-order valence-corrected chi connectivity index (χ2v) is 4.92. The van der Waals surface area contributed by atoms with E-state index >= 15 is 0 Å². The van der Waals surface area contributed by atoms with E-state index in [1.165, 1.54) is 0 Å². The molecule has 6 heteroatoms. The van der Waals surface area contributed by atoms with Crippen LogP contribution in [0.25, 0.3) is 0 Å². The van der Waals surface area contributed by atoms with Gasteiger partial charge in [0, 0.05) is 25.4 Å². The zero-order valence-corrected chi connectivity index (χ0v) is 11.5. The molecule has 1 aromatic carbocycles. The van der Waals surface area contributed by atoms with E-state index in [2.05, 4.69) is 10.4 Å². The molecule has 1 fully saturated rings. The van der Waals surface area contributed by atoms with Crippen LogP contribution in [-0.2, 0) is 16.1 Å². The molecule has 0 aliphatic carbocycles. The second-order valence-electron chi connectivity index (χ2n) is 4.92. The molecule has 0 unspecified atom stereocenters. The molecule has 1 aliphatic heterocycles. The topological polar surface area (TPSA) is 67.2 Å². The lowest BCUT2D eigenvalue weighted by Crippen LogP contribution is -2.26. The van der Waals surface area contributed by atoms with E-state index in [0.29, 0.717) is 18.7 Å². The predicted molar refractivity (Wildman–Crippen MR) is 78.9 cm³/mol. The highest BCUT2D eigenvalue weighted by molar-refractivity contribution is 6.01. The zero-order valence-electron chi connectivity index (χ0n) is 11.5. The molecule has 1 N–H and O–H groups in total. The van der Waals surface area contributed by atoms with Crippen molar-refractivity contribution >= 4 is 23.2 Å². The number of carbonyl (C=O) groups is 2. The first kappa shape index (κ1) is 13.4. The van der Waals surface area contributed by atoms with Crippen molar-refractivity contribution in [3.05, 3.63) is 42.7 Å². The van der Waals surface area contributed by atoms with E-state index in [9.17, 15) is 9.59 Å². The number of para-hydroxylation sites is 2. The number of anilines is 2. The first-order valence-electron chi connectivity index (χ1n) is 6.91. The molecule has 1 saturated heterocycles. The van der Waals surface area contributed by atoms with Gasteiger partial charge in [0.1, 0.15) is 6.54 Å². The maximum Gasteiger partial charge on any atom is 0.246 e. The van der Waals surface area contributed by atoms with Gasteiger partial charge in [-0.3, -0.25) is 14.3 Å². The maximum absolute atomic E-state index is 12.1. The third-order valence-corrected chi connectivity index (χ3v) is 3.41. The summed E-state index contributed by atoms with van der Waals surface area (Å²) in [6.07, 6.45) is 4.78. The lowest BCUT2D eigenvalue weighted by Gasteiger charge is -2.19. The monoisotopic (exact) mass is 284 g/mol. The summed E-state index contributed by atoms with van der Waals surface area (Å²) in [5, 5.41) is 6.85.